The maximum Gasteiger partial charge on any atom is 0.203 e. The summed E-state index contributed by atoms with van der Waals surface area (Å²) in [6, 6.07) is 3.82. The fourth-order valence-corrected chi connectivity index (χ4v) is 2.12. The number of imidazole rings is 1. The fourth-order valence-electron chi connectivity index (χ4n) is 2.12. The van der Waals surface area contributed by atoms with Gasteiger partial charge in [-0.15, -0.1) is 0 Å². The van der Waals surface area contributed by atoms with Crippen LogP contribution in [0, 0.1) is 6.92 Å². The van der Waals surface area contributed by atoms with E-state index in [-0.39, 0.29) is 0 Å². The molecule has 0 saturated carbocycles. The Hall–Kier alpha value is -1.75. The SMILES string of the molecule is Cc1[nH]c(N2CCNCC2)nc1-c1ccco1. The Morgan fingerprint density at radius 3 is 2.88 bits per heavy atom. The molecule has 2 N–H and O–H groups in total. The van der Waals surface area contributed by atoms with E-state index in [1.165, 1.54) is 0 Å². The van der Waals surface area contributed by atoms with E-state index in [4.69, 9.17) is 4.42 Å². The molecule has 5 heteroatoms. The molecule has 1 saturated heterocycles. The number of furan rings is 1. The second-order valence-electron chi connectivity index (χ2n) is 4.25. The molecule has 17 heavy (non-hydrogen) atoms. The summed E-state index contributed by atoms with van der Waals surface area (Å²) >= 11 is 0. The molecule has 0 radical (unpaired) electrons. The molecule has 5 nitrogen and oxygen atoms in total. The monoisotopic (exact) mass is 232 g/mol. The van der Waals surface area contributed by atoms with Gasteiger partial charge in [0.2, 0.25) is 5.95 Å². The third kappa shape index (κ3) is 1.93. The Kier molecular flexibility index (Phi) is 2.60. The third-order valence-electron chi connectivity index (χ3n) is 3.04. The van der Waals surface area contributed by atoms with E-state index >= 15 is 0 Å². The van der Waals surface area contributed by atoms with Crippen molar-refractivity contribution in [1.29, 1.82) is 0 Å². The quantitative estimate of drug-likeness (QED) is 0.821. The van der Waals surface area contributed by atoms with Gasteiger partial charge in [-0.3, -0.25) is 0 Å². The van der Waals surface area contributed by atoms with Crippen molar-refractivity contribution in [2.45, 2.75) is 6.92 Å². The van der Waals surface area contributed by atoms with E-state index in [1.807, 2.05) is 19.1 Å². The van der Waals surface area contributed by atoms with Gasteiger partial charge in [0.25, 0.3) is 0 Å². The van der Waals surface area contributed by atoms with Gasteiger partial charge in [-0.05, 0) is 19.1 Å². The lowest BCUT2D eigenvalue weighted by Crippen LogP contribution is -2.44. The van der Waals surface area contributed by atoms with Crippen molar-refractivity contribution in [3.05, 3.63) is 24.1 Å². The predicted molar refractivity (Wildman–Crippen MR) is 66.1 cm³/mol. The van der Waals surface area contributed by atoms with Crippen molar-refractivity contribution in [1.82, 2.24) is 15.3 Å². The van der Waals surface area contributed by atoms with Crippen LogP contribution in [-0.4, -0.2) is 36.1 Å². The molecular weight excluding hydrogens is 216 g/mol. The van der Waals surface area contributed by atoms with Crippen LogP contribution >= 0.6 is 0 Å². The summed E-state index contributed by atoms with van der Waals surface area (Å²) in [4.78, 5) is 10.2. The number of H-pyrrole nitrogens is 1. The van der Waals surface area contributed by atoms with E-state index in [1.54, 1.807) is 6.26 Å². The molecule has 0 spiro atoms. The highest BCUT2D eigenvalue weighted by Gasteiger charge is 2.17. The minimum Gasteiger partial charge on any atom is -0.463 e. The van der Waals surface area contributed by atoms with Crippen molar-refractivity contribution in [3.63, 3.8) is 0 Å². The summed E-state index contributed by atoms with van der Waals surface area (Å²) in [5, 5.41) is 3.33. The Morgan fingerprint density at radius 2 is 2.18 bits per heavy atom. The number of nitrogens with one attached hydrogen (secondary N) is 2. The number of aryl methyl sites for hydroxylation is 1. The third-order valence-corrected chi connectivity index (χ3v) is 3.04. The molecule has 0 amide bonds. The molecular formula is C12H16N4O. The van der Waals surface area contributed by atoms with Gasteiger partial charge in [0, 0.05) is 31.9 Å². The van der Waals surface area contributed by atoms with Crippen molar-refractivity contribution in [2.75, 3.05) is 31.1 Å². The first-order valence-corrected chi connectivity index (χ1v) is 5.91. The molecule has 3 rings (SSSR count). The summed E-state index contributed by atoms with van der Waals surface area (Å²) in [5.74, 6) is 1.76. The van der Waals surface area contributed by atoms with Crippen molar-refractivity contribution in [2.24, 2.45) is 0 Å². The molecule has 1 aliphatic heterocycles. The van der Waals surface area contributed by atoms with Gasteiger partial charge >= 0.3 is 0 Å². The number of hydrogen-bond acceptors (Lipinski definition) is 4. The second-order valence-corrected chi connectivity index (χ2v) is 4.25. The minimum absolute atomic E-state index is 0.820. The van der Waals surface area contributed by atoms with Crippen LogP contribution in [0.15, 0.2) is 22.8 Å². The molecule has 0 atom stereocenters. The molecule has 90 valence electrons. The zero-order valence-electron chi connectivity index (χ0n) is 9.86. The van der Waals surface area contributed by atoms with Gasteiger partial charge in [0.1, 0.15) is 5.69 Å². The fraction of sp³-hybridized carbons (Fsp3) is 0.417. The molecule has 3 heterocycles. The highest BCUT2D eigenvalue weighted by atomic mass is 16.3. The summed E-state index contributed by atoms with van der Waals surface area (Å²) in [6.45, 7) is 6.03. The molecule has 0 aliphatic carbocycles. The first kappa shape index (κ1) is 10.4. The molecule has 1 aliphatic rings. The lowest BCUT2D eigenvalue weighted by Gasteiger charge is -2.26. The average Bonchev–Trinajstić information content (AvgIpc) is 2.99. The lowest BCUT2D eigenvalue weighted by atomic mass is 10.3. The molecule has 2 aromatic rings. The van der Waals surface area contributed by atoms with Gasteiger partial charge < -0.3 is 19.6 Å². The number of rotatable bonds is 2. The van der Waals surface area contributed by atoms with E-state index in [0.29, 0.717) is 0 Å². The van der Waals surface area contributed by atoms with Crippen LogP contribution in [0.5, 0.6) is 0 Å². The molecule has 0 bridgehead atoms. The number of aromatic nitrogens is 2. The summed E-state index contributed by atoms with van der Waals surface area (Å²) in [7, 11) is 0. The highest BCUT2D eigenvalue weighted by Crippen LogP contribution is 2.24. The van der Waals surface area contributed by atoms with Crippen LogP contribution in [0.3, 0.4) is 0 Å². The maximum absolute atomic E-state index is 5.39. The standard InChI is InChI=1S/C12H16N4O/c1-9-11(10-3-2-8-17-10)15-12(14-9)16-6-4-13-5-7-16/h2-3,8,13H,4-7H2,1H3,(H,14,15). The van der Waals surface area contributed by atoms with Crippen molar-refractivity contribution < 1.29 is 4.42 Å². The van der Waals surface area contributed by atoms with Crippen LogP contribution in [0.25, 0.3) is 11.5 Å². The van der Waals surface area contributed by atoms with Gasteiger partial charge in [0.15, 0.2) is 5.76 Å². The normalized spacial score (nSPS) is 16.4. The van der Waals surface area contributed by atoms with Gasteiger partial charge in [0.05, 0.1) is 6.26 Å². The average molecular weight is 232 g/mol. The smallest absolute Gasteiger partial charge is 0.203 e. The van der Waals surface area contributed by atoms with E-state index in [9.17, 15) is 0 Å². The maximum atomic E-state index is 5.39. The van der Waals surface area contributed by atoms with Gasteiger partial charge in [-0.1, -0.05) is 0 Å². The first-order valence-electron chi connectivity index (χ1n) is 5.91. The number of hydrogen-bond donors (Lipinski definition) is 2. The Labute approximate surface area is 99.8 Å². The van der Waals surface area contributed by atoms with Crippen LogP contribution in [0.2, 0.25) is 0 Å². The van der Waals surface area contributed by atoms with Gasteiger partial charge in [-0.25, -0.2) is 4.98 Å². The highest BCUT2D eigenvalue weighted by molar-refractivity contribution is 5.58. The molecule has 0 aromatic carbocycles. The van der Waals surface area contributed by atoms with Crippen LogP contribution in [0.4, 0.5) is 5.95 Å². The number of aromatic amines is 1. The Bertz CT molecular complexity index is 483. The zero-order chi connectivity index (χ0) is 11.7. The summed E-state index contributed by atoms with van der Waals surface area (Å²) in [5.41, 5.74) is 1.96. The predicted octanol–water partition coefficient (Wildman–Crippen LogP) is 1.39. The zero-order valence-corrected chi connectivity index (χ0v) is 9.86. The molecule has 1 fully saturated rings. The van der Waals surface area contributed by atoms with Crippen molar-refractivity contribution >= 4 is 5.95 Å². The van der Waals surface area contributed by atoms with Crippen LogP contribution in [-0.2, 0) is 0 Å². The number of piperazine rings is 1. The Balaban J connectivity index is 1.90. The van der Waals surface area contributed by atoms with E-state index < -0.39 is 0 Å². The molecule has 2 aromatic heterocycles. The Morgan fingerprint density at radius 1 is 1.35 bits per heavy atom. The van der Waals surface area contributed by atoms with Crippen LogP contribution in [0.1, 0.15) is 5.69 Å². The van der Waals surface area contributed by atoms with Crippen LogP contribution < -0.4 is 10.2 Å². The molecule has 0 unspecified atom stereocenters. The first-order chi connectivity index (χ1) is 8.34. The second kappa shape index (κ2) is 4.25. The van der Waals surface area contributed by atoms with Gasteiger partial charge in [-0.2, -0.15) is 0 Å². The van der Waals surface area contributed by atoms with Crippen molar-refractivity contribution in [3.8, 4) is 11.5 Å². The summed E-state index contributed by atoms with van der Waals surface area (Å²) in [6.07, 6.45) is 1.67. The largest absolute Gasteiger partial charge is 0.463 e. The lowest BCUT2D eigenvalue weighted by molar-refractivity contribution is 0.577. The number of anilines is 1. The topological polar surface area (TPSA) is 57.1 Å². The number of nitrogens with zero attached hydrogens (tertiary/aromatic N) is 2. The minimum atomic E-state index is 0.820. The van der Waals surface area contributed by atoms with E-state index in [0.717, 1.165) is 49.3 Å². The van der Waals surface area contributed by atoms with E-state index in [2.05, 4.69) is 20.2 Å². The summed E-state index contributed by atoms with van der Waals surface area (Å²) < 4.78 is 5.39.